The van der Waals surface area contributed by atoms with Gasteiger partial charge < -0.3 is 5.32 Å². The average Bonchev–Trinajstić information content (AvgIpc) is 2.49. The van der Waals surface area contributed by atoms with Crippen LogP contribution in [0, 0.1) is 0 Å². The monoisotopic (exact) mass is 187 g/mol. The highest BCUT2D eigenvalue weighted by molar-refractivity contribution is 8.00. The van der Waals surface area contributed by atoms with Crippen molar-refractivity contribution in [3.05, 3.63) is 0 Å². The van der Waals surface area contributed by atoms with Gasteiger partial charge in [-0.05, 0) is 25.5 Å². The number of amides is 1. The standard InChI is InChI=1S/C9H17NOS/c1-3-8(11)10-7-9(2)5-4-6-12-9/h3-7H2,1-2H3,(H,10,11). The van der Waals surface area contributed by atoms with Gasteiger partial charge >= 0.3 is 0 Å². The molecule has 1 fully saturated rings. The Labute approximate surface area is 78.5 Å². The molecule has 0 aliphatic carbocycles. The molecule has 1 N–H and O–H groups in total. The number of thioether (sulfide) groups is 1. The molecule has 1 aliphatic heterocycles. The van der Waals surface area contributed by atoms with Crippen molar-refractivity contribution >= 4 is 17.7 Å². The highest BCUT2D eigenvalue weighted by atomic mass is 32.2. The fourth-order valence-corrected chi connectivity index (χ4v) is 2.63. The first kappa shape index (κ1) is 9.90. The predicted octanol–water partition coefficient (Wildman–Crippen LogP) is 1.80. The third-order valence-electron chi connectivity index (χ3n) is 2.28. The minimum absolute atomic E-state index is 0.170. The van der Waals surface area contributed by atoms with Crippen molar-refractivity contribution in [2.45, 2.75) is 37.9 Å². The maximum atomic E-state index is 11.0. The van der Waals surface area contributed by atoms with Crippen LogP contribution in [-0.2, 0) is 4.79 Å². The molecule has 0 radical (unpaired) electrons. The fraction of sp³-hybridized carbons (Fsp3) is 0.889. The van der Waals surface area contributed by atoms with Gasteiger partial charge in [-0.2, -0.15) is 11.8 Å². The molecule has 0 aromatic rings. The van der Waals surface area contributed by atoms with Crippen LogP contribution in [-0.4, -0.2) is 23.0 Å². The summed E-state index contributed by atoms with van der Waals surface area (Å²) in [5.41, 5.74) is 0. The van der Waals surface area contributed by atoms with E-state index in [-0.39, 0.29) is 5.91 Å². The number of hydrogen-bond acceptors (Lipinski definition) is 2. The van der Waals surface area contributed by atoms with Crippen LogP contribution in [0.25, 0.3) is 0 Å². The molecule has 1 saturated heterocycles. The summed E-state index contributed by atoms with van der Waals surface area (Å²) in [5, 5.41) is 2.96. The van der Waals surface area contributed by atoms with Crippen LogP contribution in [0.3, 0.4) is 0 Å². The average molecular weight is 187 g/mol. The number of rotatable bonds is 3. The molecule has 0 aromatic carbocycles. The molecule has 1 atom stereocenters. The molecule has 0 spiro atoms. The summed E-state index contributed by atoms with van der Waals surface area (Å²) in [4.78, 5) is 11.0. The van der Waals surface area contributed by atoms with Crippen LogP contribution in [0.4, 0.5) is 0 Å². The normalized spacial score (nSPS) is 28.8. The predicted molar refractivity (Wildman–Crippen MR) is 53.4 cm³/mol. The van der Waals surface area contributed by atoms with Gasteiger partial charge in [0.15, 0.2) is 0 Å². The second kappa shape index (κ2) is 4.17. The van der Waals surface area contributed by atoms with Crippen molar-refractivity contribution in [1.29, 1.82) is 0 Å². The lowest BCUT2D eigenvalue weighted by Gasteiger charge is -2.22. The van der Waals surface area contributed by atoms with Gasteiger partial charge in [0.1, 0.15) is 0 Å². The topological polar surface area (TPSA) is 29.1 Å². The van der Waals surface area contributed by atoms with E-state index in [2.05, 4.69) is 12.2 Å². The quantitative estimate of drug-likeness (QED) is 0.730. The minimum Gasteiger partial charge on any atom is -0.355 e. The van der Waals surface area contributed by atoms with Gasteiger partial charge in [-0.15, -0.1) is 0 Å². The Bertz CT molecular complexity index is 164. The van der Waals surface area contributed by atoms with Crippen LogP contribution in [0.1, 0.15) is 33.1 Å². The molecule has 12 heavy (non-hydrogen) atoms. The summed E-state index contributed by atoms with van der Waals surface area (Å²) in [5.74, 6) is 1.42. The molecule has 0 aromatic heterocycles. The maximum absolute atomic E-state index is 11.0. The van der Waals surface area contributed by atoms with E-state index in [4.69, 9.17) is 0 Å². The Hall–Kier alpha value is -0.180. The Morgan fingerprint density at radius 1 is 1.67 bits per heavy atom. The summed E-state index contributed by atoms with van der Waals surface area (Å²) in [6.07, 6.45) is 3.13. The van der Waals surface area contributed by atoms with Gasteiger partial charge in [0.05, 0.1) is 0 Å². The van der Waals surface area contributed by atoms with E-state index in [9.17, 15) is 4.79 Å². The van der Waals surface area contributed by atoms with Crippen LogP contribution >= 0.6 is 11.8 Å². The Morgan fingerprint density at radius 2 is 2.42 bits per heavy atom. The summed E-state index contributed by atoms with van der Waals surface area (Å²) >= 11 is 1.98. The zero-order valence-electron chi connectivity index (χ0n) is 7.85. The molecule has 70 valence electrons. The first-order valence-electron chi connectivity index (χ1n) is 4.57. The van der Waals surface area contributed by atoms with E-state index in [1.54, 1.807) is 0 Å². The molecule has 2 nitrogen and oxygen atoms in total. The highest BCUT2D eigenvalue weighted by Gasteiger charge is 2.29. The van der Waals surface area contributed by atoms with Gasteiger partial charge in [-0.3, -0.25) is 4.79 Å². The summed E-state index contributed by atoms with van der Waals surface area (Å²) in [7, 11) is 0. The lowest BCUT2D eigenvalue weighted by molar-refractivity contribution is -0.120. The second-order valence-electron chi connectivity index (χ2n) is 3.53. The van der Waals surface area contributed by atoms with E-state index in [0.29, 0.717) is 11.2 Å². The second-order valence-corrected chi connectivity index (χ2v) is 5.21. The van der Waals surface area contributed by atoms with Crippen molar-refractivity contribution in [2.24, 2.45) is 0 Å². The Morgan fingerprint density at radius 3 is 2.92 bits per heavy atom. The fourth-order valence-electron chi connectivity index (χ4n) is 1.39. The van der Waals surface area contributed by atoms with Crippen molar-refractivity contribution in [1.82, 2.24) is 5.32 Å². The minimum atomic E-state index is 0.170. The Balaban J connectivity index is 2.25. The van der Waals surface area contributed by atoms with E-state index >= 15 is 0 Å². The van der Waals surface area contributed by atoms with Gasteiger partial charge in [-0.1, -0.05) is 6.92 Å². The first-order chi connectivity index (χ1) is 5.66. The van der Waals surface area contributed by atoms with Crippen LogP contribution in [0.2, 0.25) is 0 Å². The van der Waals surface area contributed by atoms with E-state index < -0.39 is 0 Å². The third-order valence-corrected chi connectivity index (χ3v) is 3.82. The highest BCUT2D eigenvalue weighted by Crippen LogP contribution is 2.36. The third kappa shape index (κ3) is 2.70. The summed E-state index contributed by atoms with van der Waals surface area (Å²) in [6.45, 7) is 4.96. The molecule has 1 unspecified atom stereocenters. The Kier molecular flexibility index (Phi) is 3.44. The molecule has 1 heterocycles. The summed E-state index contributed by atoms with van der Waals surface area (Å²) in [6, 6.07) is 0. The van der Waals surface area contributed by atoms with Crippen LogP contribution in [0.15, 0.2) is 0 Å². The molecular formula is C9H17NOS. The van der Waals surface area contributed by atoms with Crippen molar-refractivity contribution < 1.29 is 4.79 Å². The van der Waals surface area contributed by atoms with Crippen molar-refractivity contribution in [3.8, 4) is 0 Å². The van der Waals surface area contributed by atoms with E-state index in [1.807, 2.05) is 18.7 Å². The van der Waals surface area contributed by atoms with Gasteiger partial charge in [0.2, 0.25) is 5.91 Å². The zero-order chi connectivity index (χ0) is 9.03. The molecule has 1 rings (SSSR count). The number of nitrogens with one attached hydrogen (secondary N) is 1. The van der Waals surface area contributed by atoms with Crippen molar-refractivity contribution in [3.63, 3.8) is 0 Å². The number of carbonyl (C=O) groups excluding carboxylic acids is 1. The van der Waals surface area contributed by atoms with E-state index in [0.717, 1.165) is 6.54 Å². The first-order valence-corrected chi connectivity index (χ1v) is 5.55. The SMILES string of the molecule is CCC(=O)NCC1(C)CCCS1. The lowest BCUT2D eigenvalue weighted by Crippen LogP contribution is -2.36. The molecule has 0 bridgehead atoms. The van der Waals surface area contributed by atoms with Crippen LogP contribution in [0.5, 0.6) is 0 Å². The maximum Gasteiger partial charge on any atom is 0.219 e. The largest absolute Gasteiger partial charge is 0.355 e. The molecule has 1 aliphatic rings. The molecule has 1 amide bonds. The summed E-state index contributed by atoms with van der Waals surface area (Å²) < 4.78 is 0.310. The zero-order valence-corrected chi connectivity index (χ0v) is 8.67. The number of hydrogen-bond donors (Lipinski definition) is 1. The molecular weight excluding hydrogens is 170 g/mol. The van der Waals surface area contributed by atoms with Gasteiger partial charge in [0.25, 0.3) is 0 Å². The van der Waals surface area contributed by atoms with Crippen LogP contribution < -0.4 is 5.32 Å². The molecule has 0 saturated carbocycles. The van der Waals surface area contributed by atoms with Crippen molar-refractivity contribution in [2.75, 3.05) is 12.3 Å². The number of carbonyl (C=O) groups is 1. The molecule has 3 heteroatoms. The smallest absolute Gasteiger partial charge is 0.219 e. The van der Waals surface area contributed by atoms with Gasteiger partial charge in [0, 0.05) is 17.7 Å². The van der Waals surface area contributed by atoms with E-state index in [1.165, 1.54) is 18.6 Å². The van der Waals surface area contributed by atoms with Gasteiger partial charge in [-0.25, -0.2) is 0 Å². The lowest BCUT2D eigenvalue weighted by atomic mass is 10.1.